The van der Waals surface area contributed by atoms with Crippen molar-refractivity contribution in [2.45, 2.75) is 30.6 Å². The molecule has 5 rings (SSSR count). The summed E-state index contributed by atoms with van der Waals surface area (Å²) in [5, 5.41) is 4.05. The van der Waals surface area contributed by atoms with E-state index in [2.05, 4.69) is 47.4 Å². The third-order valence-corrected chi connectivity index (χ3v) is 6.50. The highest BCUT2D eigenvalue weighted by molar-refractivity contribution is 5.92. The summed E-state index contributed by atoms with van der Waals surface area (Å²) >= 11 is 0. The number of carbonyl (C=O) groups is 1. The lowest BCUT2D eigenvalue weighted by Gasteiger charge is -2.44. The summed E-state index contributed by atoms with van der Waals surface area (Å²) in [4.78, 5) is 17.4. The Morgan fingerprint density at radius 1 is 1.23 bits per heavy atom. The van der Waals surface area contributed by atoms with E-state index in [4.69, 9.17) is 4.52 Å². The Hall–Kier alpha value is -2.14. The molecule has 2 saturated heterocycles. The number of likely N-dealkylation sites (tertiary alicyclic amines) is 2. The van der Waals surface area contributed by atoms with Crippen molar-refractivity contribution in [1.82, 2.24) is 15.0 Å². The predicted octanol–water partition coefficient (Wildman–Crippen LogP) is 2.90. The van der Waals surface area contributed by atoms with Crippen LogP contribution in [-0.4, -0.2) is 54.1 Å². The molecular formula is C21H25N3O2. The molecule has 136 valence electrons. The fraction of sp³-hybridized carbons (Fsp3) is 0.524. The number of nitrogens with zero attached hydrogens (tertiary/aromatic N) is 3. The molecule has 26 heavy (non-hydrogen) atoms. The lowest BCUT2D eigenvalue weighted by molar-refractivity contribution is 0.0592. The minimum atomic E-state index is 0.0249. The van der Waals surface area contributed by atoms with Crippen molar-refractivity contribution in [3.63, 3.8) is 0 Å². The van der Waals surface area contributed by atoms with Gasteiger partial charge in [-0.2, -0.15) is 0 Å². The fourth-order valence-corrected chi connectivity index (χ4v) is 4.97. The molecule has 2 aromatic rings. The van der Waals surface area contributed by atoms with Crippen LogP contribution in [0.25, 0.3) is 0 Å². The molecule has 2 aliphatic heterocycles. The zero-order valence-corrected chi connectivity index (χ0v) is 15.2. The predicted molar refractivity (Wildman–Crippen MR) is 98.1 cm³/mol. The lowest BCUT2D eigenvalue weighted by Crippen LogP contribution is -2.51. The number of aromatic nitrogens is 1. The average molecular weight is 351 g/mol. The summed E-state index contributed by atoms with van der Waals surface area (Å²) in [5.41, 5.74) is 2.06. The van der Waals surface area contributed by atoms with Gasteiger partial charge in [0.25, 0.3) is 5.91 Å². The Kier molecular flexibility index (Phi) is 3.67. The summed E-state index contributed by atoms with van der Waals surface area (Å²) in [7, 11) is 2.19. The van der Waals surface area contributed by atoms with Crippen molar-refractivity contribution in [2.24, 2.45) is 5.92 Å². The standard InChI is InChI=1S/C21H25N3O2/c1-23-12-17-13-24(20(25)18-11-19(26-22-18)15-7-8-15)10-9-21(17,14-23)16-5-3-2-4-6-16/h2-6,11,15,17H,7-10,12-14H2,1H3. The second-order valence-electron chi connectivity index (χ2n) is 8.31. The van der Waals surface area contributed by atoms with Crippen molar-refractivity contribution in [2.75, 3.05) is 33.2 Å². The number of benzene rings is 1. The van der Waals surface area contributed by atoms with Gasteiger partial charge in [-0.1, -0.05) is 35.5 Å². The van der Waals surface area contributed by atoms with E-state index in [9.17, 15) is 4.79 Å². The minimum absolute atomic E-state index is 0.0249. The molecule has 0 spiro atoms. The summed E-state index contributed by atoms with van der Waals surface area (Å²) in [5.74, 6) is 1.85. The molecule has 1 saturated carbocycles. The van der Waals surface area contributed by atoms with Crippen LogP contribution in [0.1, 0.15) is 47.0 Å². The number of amides is 1. The Labute approximate surface area is 153 Å². The fourth-order valence-electron chi connectivity index (χ4n) is 4.97. The van der Waals surface area contributed by atoms with Gasteiger partial charge in [0, 0.05) is 49.5 Å². The number of piperidine rings is 1. The molecule has 0 N–H and O–H groups in total. The van der Waals surface area contributed by atoms with Gasteiger partial charge in [-0.05, 0) is 31.9 Å². The molecule has 2 unspecified atom stereocenters. The average Bonchev–Trinajstić information content (AvgIpc) is 3.29. The lowest BCUT2D eigenvalue weighted by atomic mass is 9.68. The highest BCUT2D eigenvalue weighted by atomic mass is 16.5. The SMILES string of the molecule is CN1CC2CN(C(=O)c3cc(C4CC4)on3)CCC2(c2ccccc2)C1. The second kappa shape index (κ2) is 5.95. The Balaban J connectivity index is 1.37. The molecule has 3 fully saturated rings. The summed E-state index contributed by atoms with van der Waals surface area (Å²) in [6.07, 6.45) is 3.31. The monoisotopic (exact) mass is 351 g/mol. The number of carbonyl (C=O) groups excluding carboxylic acids is 1. The van der Waals surface area contributed by atoms with Crippen molar-refractivity contribution < 1.29 is 9.32 Å². The van der Waals surface area contributed by atoms with E-state index in [0.29, 0.717) is 17.5 Å². The van der Waals surface area contributed by atoms with Gasteiger partial charge in [-0.25, -0.2) is 0 Å². The Morgan fingerprint density at radius 2 is 2.04 bits per heavy atom. The summed E-state index contributed by atoms with van der Waals surface area (Å²) in [6, 6.07) is 12.7. The second-order valence-corrected chi connectivity index (χ2v) is 8.31. The third-order valence-electron chi connectivity index (χ3n) is 6.50. The molecule has 1 aromatic heterocycles. The molecule has 5 nitrogen and oxygen atoms in total. The highest BCUT2D eigenvalue weighted by Crippen LogP contribution is 2.45. The number of rotatable bonds is 3. The molecule has 5 heteroatoms. The number of hydrogen-bond acceptors (Lipinski definition) is 4. The van der Waals surface area contributed by atoms with Crippen molar-refractivity contribution in [1.29, 1.82) is 0 Å². The van der Waals surface area contributed by atoms with E-state index in [0.717, 1.165) is 51.2 Å². The van der Waals surface area contributed by atoms with Crippen molar-refractivity contribution in [3.8, 4) is 0 Å². The van der Waals surface area contributed by atoms with Crippen LogP contribution in [0, 0.1) is 5.92 Å². The maximum absolute atomic E-state index is 13.0. The zero-order valence-electron chi connectivity index (χ0n) is 15.2. The van der Waals surface area contributed by atoms with Gasteiger partial charge in [0.1, 0.15) is 5.76 Å². The first-order valence-electron chi connectivity index (χ1n) is 9.66. The van der Waals surface area contributed by atoms with E-state index in [1.165, 1.54) is 5.56 Å². The zero-order chi connectivity index (χ0) is 17.7. The minimum Gasteiger partial charge on any atom is -0.360 e. The van der Waals surface area contributed by atoms with Gasteiger partial charge in [0.2, 0.25) is 0 Å². The first-order chi connectivity index (χ1) is 12.7. The van der Waals surface area contributed by atoms with Gasteiger partial charge >= 0.3 is 0 Å². The van der Waals surface area contributed by atoms with Gasteiger partial charge in [-0.15, -0.1) is 0 Å². The quantitative estimate of drug-likeness (QED) is 0.853. The van der Waals surface area contributed by atoms with Crippen molar-refractivity contribution in [3.05, 3.63) is 53.4 Å². The first-order valence-corrected chi connectivity index (χ1v) is 9.66. The normalized spacial score (nSPS) is 29.0. The van der Waals surface area contributed by atoms with E-state index in [1.807, 2.05) is 11.0 Å². The molecule has 2 atom stereocenters. The van der Waals surface area contributed by atoms with Crippen LogP contribution in [0.15, 0.2) is 40.9 Å². The number of likely N-dealkylation sites (N-methyl/N-ethyl adjacent to an activating group) is 1. The van der Waals surface area contributed by atoms with Gasteiger partial charge < -0.3 is 14.3 Å². The first kappa shape index (κ1) is 16.1. The summed E-state index contributed by atoms with van der Waals surface area (Å²) in [6.45, 7) is 3.68. The van der Waals surface area contributed by atoms with Gasteiger partial charge in [0.05, 0.1) is 0 Å². The van der Waals surface area contributed by atoms with Crippen molar-refractivity contribution >= 4 is 5.91 Å². The largest absolute Gasteiger partial charge is 0.360 e. The topological polar surface area (TPSA) is 49.6 Å². The van der Waals surface area contributed by atoms with Crippen LogP contribution in [0.3, 0.4) is 0 Å². The highest BCUT2D eigenvalue weighted by Gasteiger charge is 2.50. The number of hydrogen-bond donors (Lipinski definition) is 0. The van der Waals surface area contributed by atoms with Crippen LogP contribution in [0.4, 0.5) is 0 Å². The van der Waals surface area contributed by atoms with Crippen LogP contribution >= 0.6 is 0 Å². The molecule has 0 bridgehead atoms. The van der Waals surface area contributed by atoms with Gasteiger partial charge in [0.15, 0.2) is 5.69 Å². The van der Waals surface area contributed by atoms with E-state index < -0.39 is 0 Å². The van der Waals surface area contributed by atoms with Crippen LogP contribution in [0.2, 0.25) is 0 Å². The molecule has 1 aromatic carbocycles. The molecular weight excluding hydrogens is 326 g/mol. The van der Waals surface area contributed by atoms with E-state index in [1.54, 1.807) is 0 Å². The van der Waals surface area contributed by atoms with Crippen LogP contribution in [0.5, 0.6) is 0 Å². The molecule has 0 radical (unpaired) electrons. The number of fused-ring (bicyclic) bond motifs is 1. The van der Waals surface area contributed by atoms with Crippen LogP contribution in [-0.2, 0) is 5.41 Å². The Bertz CT molecular complexity index is 814. The maximum atomic E-state index is 13.0. The third kappa shape index (κ3) is 2.57. The van der Waals surface area contributed by atoms with Gasteiger partial charge in [-0.3, -0.25) is 4.79 Å². The molecule has 1 amide bonds. The van der Waals surface area contributed by atoms with Crippen LogP contribution < -0.4 is 0 Å². The molecule has 3 heterocycles. The van der Waals surface area contributed by atoms with E-state index >= 15 is 0 Å². The molecule has 1 aliphatic carbocycles. The maximum Gasteiger partial charge on any atom is 0.276 e. The smallest absolute Gasteiger partial charge is 0.276 e. The molecule has 3 aliphatic rings. The van der Waals surface area contributed by atoms with E-state index in [-0.39, 0.29) is 11.3 Å². The summed E-state index contributed by atoms with van der Waals surface area (Å²) < 4.78 is 5.39. The Morgan fingerprint density at radius 3 is 2.81 bits per heavy atom.